The Hall–Kier alpha value is -6.42. The largest absolute Gasteiger partial charge is 0.762 e. The Morgan fingerprint density at radius 3 is 1.32 bits per heavy atom. The maximum Gasteiger partial charge on any atom is 0.762 e. The molecule has 3 aromatic heterocycles. The fraction of sp³-hybridized carbons (Fsp3) is 0.700. The van der Waals surface area contributed by atoms with Crippen molar-refractivity contribution in [2.45, 2.75) is 280 Å². The van der Waals surface area contributed by atoms with Crippen LogP contribution in [0.1, 0.15) is 228 Å². The number of phenols is 1. The summed E-state index contributed by atoms with van der Waals surface area (Å²) < 4.78 is 73.0. The fourth-order valence-electron chi connectivity index (χ4n) is 22.3. The lowest BCUT2D eigenvalue weighted by Crippen LogP contribution is -2.56. The highest BCUT2D eigenvalue weighted by molar-refractivity contribution is 6.33. The number of halogens is 3. The maximum absolute atomic E-state index is 11.8. The Bertz CT molecular complexity index is 4170. The zero-order valence-electron chi connectivity index (χ0n) is 67.9. The minimum absolute atomic E-state index is 0. The van der Waals surface area contributed by atoms with Gasteiger partial charge in [0.05, 0.1) is 13.2 Å². The number of ether oxygens (including phenoxy) is 8. The van der Waals surface area contributed by atoms with Crippen LogP contribution in [-0.4, -0.2) is 209 Å². The molecule has 8 unspecified atom stereocenters. The Morgan fingerprint density at radius 1 is 0.504 bits per heavy atom. The van der Waals surface area contributed by atoms with Gasteiger partial charge in [0.2, 0.25) is 12.6 Å². The average molecular weight is 1610 g/mol. The normalized spacial score (nSPS) is 35.1. The van der Waals surface area contributed by atoms with Crippen LogP contribution in [0.2, 0.25) is 0 Å². The van der Waals surface area contributed by atoms with Crippen LogP contribution in [0.15, 0.2) is 54.6 Å². The predicted molar refractivity (Wildman–Crippen MR) is 444 cm³/mol. The SMILES string of the molecule is C.C.C.CC(=O)O[C@H]1OC[C@@H](C)[C@@H](C)[C@H]1OC(C)=O.CCOCC.CC[C@H]1C[C@H]2C[C@H]3c4[nH]c5ccc(O)cc5c4CCN(C2)C13.CC[C@H]1C[C@H]2C[C@H]3c4[nH]c5ccc(OC6CC[C@@H](C)[C@@H](C)[C@H]6OC(C)=O)cc5c4CCN(C2)C13.CC[C@H]1C[C@H]2C[C@H]3c4[nH]c5ccc(OC6OC[C@@H](O)[C@@H](O)[C@H]6O)cc5c4CCN(C2)C13.FB(F)F. The number of hydrogen-bond acceptors (Lipinski definition) is 18. The van der Waals surface area contributed by atoms with E-state index in [0.717, 1.165) is 105 Å². The number of aliphatic hydroxyl groups excluding tert-OH is 3. The fourth-order valence-corrected chi connectivity index (χ4v) is 22.3. The van der Waals surface area contributed by atoms with Gasteiger partial charge in [0.1, 0.15) is 47.8 Å². The Kier molecular flexibility index (Phi) is 31.3. The molecule has 6 aromatic rings. The van der Waals surface area contributed by atoms with Gasteiger partial charge in [0, 0.05) is 165 Å². The number of aromatic nitrogens is 3. The smallest absolute Gasteiger partial charge is 0.508 e. The second-order valence-electron chi connectivity index (χ2n) is 34.5. The molecule has 0 spiro atoms. The quantitative estimate of drug-likeness (QED) is 0.0341. The van der Waals surface area contributed by atoms with Crippen LogP contribution in [0.5, 0.6) is 17.2 Å². The van der Waals surface area contributed by atoms with E-state index in [9.17, 15) is 47.8 Å². The highest BCUT2D eigenvalue weighted by Gasteiger charge is 2.53. The number of esters is 3. The van der Waals surface area contributed by atoms with Gasteiger partial charge in [-0.2, -0.15) is 0 Å². The van der Waals surface area contributed by atoms with Crippen molar-refractivity contribution < 1.29 is 85.7 Å². The Labute approximate surface area is 681 Å². The van der Waals surface area contributed by atoms with Crippen LogP contribution in [-0.2, 0) is 62.1 Å². The first-order valence-corrected chi connectivity index (χ1v) is 42.2. The number of hydrogen-bond donors (Lipinski definition) is 7. The number of nitrogens with one attached hydrogen (secondary N) is 3. The summed E-state index contributed by atoms with van der Waals surface area (Å²) in [5, 5.41) is 43.4. The summed E-state index contributed by atoms with van der Waals surface area (Å²) in [7, 11) is -3.67. The predicted octanol–water partition coefficient (Wildman–Crippen LogP) is 16.0. The van der Waals surface area contributed by atoms with Gasteiger partial charge < -0.3 is 73.3 Å². The second-order valence-corrected chi connectivity index (χ2v) is 34.5. The molecule has 640 valence electrons. The molecule has 115 heavy (non-hydrogen) atoms. The summed E-state index contributed by atoms with van der Waals surface area (Å²) in [5.41, 5.74) is 12.3. The molecule has 21 rings (SSSR count). The van der Waals surface area contributed by atoms with Crippen molar-refractivity contribution in [3.05, 3.63) is 88.4 Å². The maximum atomic E-state index is 11.8. The lowest BCUT2D eigenvalue weighted by molar-refractivity contribution is -0.244. The summed E-state index contributed by atoms with van der Waals surface area (Å²) in [6.45, 7) is 33.0. The molecule has 27 atom stereocenters. The first-order valence-electron chi connectivity index (χ1n) is 42.2. The Morgan fingerprint density at radius 2 is 0.904 bits per heavy atom. The average Bonchev–Trinajstić information content (AvgIpc) is 1.61. The number of benzene rings is 3. The summed E-state index contributed by atoms with van der Waals surface area (Å²) >= 11 is 0. The number of carbonyl (C=O) groups excluding carboxylic acids is 3. The van der Waals surface area contributed by atoms with Gasteiger partial charge in [0.15, 0.2) is 6.10 Å². The first-order chi connectivity index (χ1) is 53.8. The number of aromatic amines is 3. The van der Waals surface area contributed by atoms with Gasteiger partial charge in [-0.05, 0) is 209 Å². The van der Waals surface area contributed by atoms with Crippen molar-refractivity contribution in [1.82, 2.24) is 29.7 Å². The number of phenolic OH excluding ortho intramolecular Hbond substituents is 1. The van der Waals surface area contributed by atoms with E-state index in [2.05, 4.69) is 82.5 Å². The third-order valence-corrected chi connectivity index (χ3v) is 27.7. The first kappa shape index (κ1) is 90.9. The molecule has 11 aliphatic heterocycles. The summed E-state index contributed by atoms with van der Waals surface area (Å²) in [4.78, 5) is 53.4. The minimum Gasteiger partial charge on any atom is -0.508 e. The number of aliphatic hydroxyl groups is 3. The van der Waals surface area contributed by atoms with Crippen LogP contribution in [0.3, 0.4) is 0 Å². The van der Waals surface area contributed by atoms with Crippen molar-refractivity contribution in [3.8, 4) is 17.2 Å². The van der Waals surface area contributed by atoms with E-state index in [-0.39, 0.29) is 58.9 Å². The van der Waals surface area contributed by atoms with Crippen molar-refractivity contribution in [2.24, 2.45) is 59.2 Å². The lowest BCUT2D eigenvalue weighted by atomic mass is 9.65. The molecule has 14 heterocycles. The molecule has 3 aromatic carbocycles. The van der Waals surface area contributed by atoms with Crippen LogP contribution < -0.4 is 9.47 Å². The van der Waals surface area contributed by atoms with E-state index >= 15 is 0 Å². The zero-order valence-corrected chi connectivity index (χ0v) is 67.9. The standard InChI is InChI=1S/C29H40N2O3.C24H32N2O5.C19H24N2O.C11H18O5.C4H10O.3CH4.BF3/c1-5-20-12-19-13-24-27-22(10-11-31(15-19)28(20)24)23-14-21(7-8-25(23)30-27)34-26-9-6-16(2)17(3)29(26)33-18(4)32;1-2-13-7-12-8-17-20-15(5-6-26(10-12)21(13)17)16-9-14(3-4-18(16)25-20)31-24-23(29)22(28)19(27)11-30-24;1-2-12-7-11-8-16-18-14(5-6-21(10-11)19(12)16)15-9-13(22)3-4-17(15)20-18;1-6-5-14-11(16-9(4)13)10(7(6)2)15-8(3)12;1-3-5-4-2;;;;2-1(3)4/h7-8,14,16-17,19-20,24,26,28-30H,5-6,9-13,15H2,1-4H3;3-4,9,12-13,17,19,21-25,27-29H,2,5-8,10-11H2,1H3;3-4,9,11-12,16,19-20,22H,2,5-8,10H2,1H3;6-7,10-11H,5H2,1-4H3;3-4H2,1-2H3;3*1H4;/t16-,17-,19+,20+,24+,26?,28?,29-;12-,13-,17-,19+,21?,22+,23+,24?;11-,12-,16-,19?;6-,7-,10-,11-;;;;;/m1001...../s1. The highest BCUT2D eigenvalue weighted by atomic mass is 19.4. The lowest BCUT2D eigenvalue weighted by Gasteiger charge is -2.53. The third-order valence-electron chi connectivity index (χ3n) is 27.7. The van der Waals surface area contributed by atoms with Crippen molar-refractivity contribution >= 4 is 58.2 Å². The topological polar surface area (TPSA) is 263 Å². The minimum atomic E-state index is -3.67. The van der Waals surface area contributed by atoms with Gasteiger partial charge in [0.25, 0.3) is 0 Å². The van der Waals surface area contributed by atoms with Gasteiger partial charge >= 0.3 is 25.5 Å². The molecular formula is C90H136BF3N6O15. The van der Waals surface area contributed by atoms with E-state index in [1.807, 2.05) is 58.0 Å². The molecule has 0 amide bonds. The Balaban J connectivity index is 0.000000159. The number of H-pyrrole nitrogens is 3. The number of aromatic hydroxyl groups is 1. The number of rotatable bonds is 12. The third kappa shape index (κ3) is 19.7. The van der Waals surface area contributed by atoms with E-state index in [0.29, 0.717) is 59.8 Å². The van der Waals surface area contributed by atoms with E-state index < -0.39 is 56.5 Å². The number of fused-ring (bicyclic) bond motifs is 12. The van der Waals surface area contributed by atoms with E-state index in [4.69, 9.17) is 37.9 Å². The molecule has 25 heteroatoms. The molecule has 8 saturated heterocycles. The van der Waals surface area contributed by atoms with E-state index in [1.165, 1.54) is 172 Å². The summed E-state index contributed by atoms with van der Waals surface area (Å²) in [5.74, 6) is 8.94. The van der Waals surface area contributed by atoms with Crippen molar-refractivity contribution in [2.75, 3.05) is 65.7 Å². The van der Waals surface area contributed by atoms with Crippen LogP contribution in [0.4, 0.5) is 12.9 Å². The van der Waals surface area contributed by atoms with Gasteiger partial charge in [-0.3, -0.25) is 42.0 Å². The molecular weight excluding hydrogens is 1470 g/mol. The monoisotopic (exact) mass is 1610 g/mol. The summed E-state index contributed by atoms with van der Waals surface area (Å²) in [6.07, 6.45) is 11.1. The van der Waals surface area contributed by atoms with Crippen molar-refractivity contribution in [1.29, 1.82) is 0 Å². The molecule has 21 nitrogen and oxygen atoms in total. The summed E-state index contributed by atoms with van der Waals surface area (Å²) in [6, 6.07) is 20.4. The highest BCUT2D eigenvalue weighted by Crippen LogP contribution is 2.55. The van der Waals surface area contributed by atoms with E-state index in [1.54, 1.807) is 6.07 Å². The number of piperidine rings is 6. The molecule has 12 fully saturated rings. The molecule has 0 radical (unpaired) electrons. The number of nitrogens with zero attached hydrogens (tertiary/aromatic N) is 3. The molecule has 12 bridgehead atoms. The molecule has 15 aliphatic rings. The van der Waals surface area contributed by atoms with Crippen LogP contribution in [0.25, 0.3) is 32.7 Å². The van der Waals surface area contributed by atoms with Crippen molar-refractivity contribution in [3.63, 3.8) is 0 Å². The van der Waals surface area contributed by atoms with Gasteiger partial charge in [-0.25, -0.2) is 0 Å². The molecule has 4 aliphatic carbocycles. The van der Waals surface area contributed by atoms with Gasteiger partial charge in [-0.15, -0.1) is 0 Å². The van der Waals surface area contributed by atoms with Crippen LogP contribution >= 0.6 is 0 Å². The molecule has 7 N–H and O–H groups in total. The molecule has 4 saturated carbocycles. The zero-order chi connectivity index (χ0) is 79.7. The second kappa shape index (κ2) is 39.6. The van der Waals surface area contributed by atoms with Gasteiger partial charge in [-0.1, -0.05) is 90.0 Å². The van der Waals surface area contributed by atoms with Crippen LogP contribution in [0, 0.1) is 59.2 Å². The number of carbonyl (C=O) groups is 3.